The van der Waals surface area contributed by atoms with E-state index in [0.29, 0.717) is 12.1 Å². The number of likely N-dealkylation sites (tertiary alicyclic amines) is 1. The molecule has 1 aromatic heterocycles. The zero-order chi connectivity index (χ0) is 19.3. The van der Waals surface area contributed by atoms with Gasteiger partial charge in [-0.2, -0.15) is 0 Å². The van der Waals surface area contributed by atoms with Crippen LogP contribution < -0.4 is 5.76 Å². The number of aromatic nitrogens is 1. The zero-order valence-corrected chi connectivity index (χ0v) is 16.1. The molecule has 2 aliphatic rings. The minimum Gasteiger partial charge on any atom is -0.408 e. The largest absolute Gasteiger partial charge is 0.420 e. The highest BCUT2D eigenvalue weighted by atomic mass is 16.4. The van der Waals surface area contributed by atoms with E-state index in [1.54, 1.807) is 10.6 Å². The van der Waals surface area contributed by atoms with Gasteiger partial charge in [-0.3, -0.25) is 9.36 Å². The first-order valence-electron chi connectivity index (χ1n) is 10.1. The summed E-state index contributed by atoms with van der Waals surface area (Å²) in [6, 6.07) is 15.9. The van der Waals surface area contributed by atoms with Crippen LogP contribution in [0.5, 0.6) is 0 Å². The van der Waals surface area contributed by atoms with E-state index < -0.39 is 0 Å². The van der Waals surface area contributed by atoms with Gasteiger partial charge in [0.15, 0.2) is 5.58 Å². The van der Waals surface area contributed by atoms with Crippen LogP contribution in [0.1, 0.15) is 36.8 Å². The van der Waals surface area contributed by atoms with Crippen LogP contribution in [0.15, 0.2) is 57.7 Å². The molecule has 144 valence electrons. The summed E-state index contributed by atoms with van der Waals surface area (Å²) in [5, 5.41) is 0. The molecule has 2 fully saturated rings. The van der Waals surface area contributed by atoms with Gasteiger partial charge >= 0.3 is 5.76 Å². The number of oxazole rings is 1. The molecule has 1 aliphatic heterocycles. The molecule has 1 atom stereocenters. The normalized spacial score (nSPS) is 20.6. The van der Waals surface area contributed by atoms with Crippen LogP contribution in [0, 0.1) is 6.92 Å². The fourth-order valence-corrected chi connectivity index (χ4v) is 4.59. The number of rotatable bonds is 4. The van der Waals surface area contributed by atoms with Gasteiger partial charge in [0.05, 0.1) is 10.9 Å². The topological polar surface area (TPSA) is 55.5 Å². The molecule has 0 bridgehead atoms. The molecule has 5 nitrogen and oxygen atoms in total. The van der Waals surface area contributed by atoms with E-state index in [9.17, 15) is 9.59 Å². The summed E-state index contributed by atoms with van der Waals surface area (Å²) in [6.45, 7) is 3.32. The third-order valence-electron chi connectivity index (χ3n) is 6.37. The third-order valence-corrected chi connectivity index (χ3v) is 6.37. The van der Waals surface area contributed by atoms with Crippen molar-refractivity contribution < 1.29 is 9.21 Å². The lowest BCUT2D eigenvalue weighted by Gasteiger charge is -2.29. The van der Waals surface area contributed by atoms with Crippen LogP contribution in [0.25, 0.3) is 11.1 Å². The Morgan fingerprint density at radius 3 is 2.64 bits per heavy atom. The van der Waals surface area contributed by atoms with Gasteiger partial charge in [-0.05, 0) is 50.3 Å². The Labute approximate surface area is 163 Å². The number of hydrogen-bond donors (Lipinski definition) is 0. The van der Waals surface area contributed by atoms with Crippen molar-refractivity contribution in [2.75, 3.05) is 6.54 Å². The number of amides is 1. The maximum atomic E-state index is 13.5. The van der Waals surface area contributed by atoms with Crippen LogP contribution in [-0.4, -0.2) is 28.0 Å². The lowest BCUT2D eigenvalue weighted by Crippen LogP contribution is -2.44. The van der Waals surface area contributed by atoms with Crippen molar-refractivity contribution in [2.45, 2.75) is 50.6 Å². The maximum Gasteiger partial charge on any atom is 0.420 e. The quantitative estimate of drug-likeness (QED) is 0.699. The highest BCUT2D eigenvalue weighted by Gasteiger charge is 2.54. The standard InChI is InChI=1S/C23H24N2O3/c1-16-8-10-17(11-9-16)23(12-13-23)21(26)24-14-4-5-18(24)15-25-19-6-2-3-7-20(19)28-22(25)27/h2-3,6-11,18H,4-5,12-15H2,1H3/t18-/m1/s1. The summed E-state index contributed by atoms with van der Waals surface area (Å²) in [6.07, 6.45) is 3.71. The van der Waals surface area contributed by atoms with E-state index in [4.69, 9.17) is 4.42 Å². The Morgan fingerprint density at radius 2 is 1.89 bits per heavy atom. The average molecular weight is 376 g/mol. The maximum absolute atomic E-state index is 13.5. The second-order valence-electron chi connectivity index (χ2n) is 8.19. The number of carbonyl (C=O) groups excluding carboxylic acids is 1. The average Bonchev–Trinajstić information content (AvgIpc) is 3.28. The van der Waals surface area contributed by atoms with Gasteiger partial charge in [-0.1, -0.05) is 42.0 Å². The van der Waals surface area contributed by atoms with Gasteiger partial charge < -0.3 is 9.32 Å². The van der Waals surface area contributed by atoms with Crippen LogP contribution in [0.4, 0.5) is 0 Å². The molecule has 0 radical (unpaired) electrons. The molecule has 1 saturated heterocycles. The number of para-hydroxylation sites is 2. The fraction of sp³-hybridized carbons (Fsp3) is 0.391. The number of hydrogen-bond acceptors (Lipinski definition) is 3. The molecule has 1 amide bonds. The number of aryl methyl sites for hydroxylation is 1. The highest BCUT2D eigenvalue weighted by Crippen LogP contribution is 2.50. The second kappa shape index (κ2) is 6.36. The molecule has 5 rings (SSSR count). The summed E-state index contributed by atoms with van der Waals surface area (Å²) in [5.41, 5.74) is 3.37. The van der Waals surface area contributed by atoms with Crippen LogP contribution in [0.3, 0.4) is 0 Å². The summed E-state index contributed by atoms with van der Waals surface area (Å²) >= 11 is 0. The van der Waals surface area contributed by atoms with E-state index in [1.807, 2.05) is 23.1 Å². The highest BCUT2D eigenvalue weighted by molar-refractivity contribution is 5.91. The van der Waals surface area contributed by atoms with Crippen molar-refractivity contribution in [1.29, 1.82) is 0 Å². The lowest BCUT2D eigenvalue weighted by molar-refractivity contribution is -0.135. The van der Waals surface area contributed by atoms with Crippen molar-refractivity contribution in [1.82, 2.24) is 9.47 Å². The van der Waals surface area contributed by atoms with E-state index in [2.05, 4.69) is 31.2 Å². The van der Waals surface area contributed by atoms with Crippen LogP contribution in [-0.2, 0) is 16.8 Å². The van der Waals surface area contributed by atoms with Crippen LogP contribution >= 0.6 is 0 Å². The van der Waals surface area contributed by atoms with Gasteiger partial charge in [0.2, 0.25) is 5.91 Å². The molecular formula is C23H24N2O3. The Bertz CT molecular complexity index is 1090. The molecular weight excluding hydrogens is 352 g/mol. The van der Waals surface area contributed by atoms with E-state index in [1.165, 1.54) is 5.56 Å². The Hall–Kier alpha value is -2.82. The van der Waals surface area contributed by atoms with E-state index in [-0.39, 0.29) is 23.1 Å². The summed E-state index contributed by atoms with van der Waals surface area (Å²) in [5.74, 6) is -0.125. The number of fused-ring (bicyclic) bond motifs is 1. The zero-order valence-electron chi connectivity index (χ0n) is 16.1. The monoisotopic (exact) mass is 376 g/mol. The van der Waals surface area contributed by atoms with E-state index >= 15 is 0 Å². The van der Waals surface area contributed by atoms with Crippen molar-refractivity contribution in [3.8, 4) is 0 Å². The van der Waals surface area contributed by atoms with Gasteiger partial charge in [0.25, 0.3) is 0 Å². The van der Waals surface area contributed by atoms with Gasteiger partial charge in [0, 0.05) is 19.1 Å². The first kappa shape index (κ1) is 17.3. The molecule has 2 heterocycles. The van der Waals surface area contributed by atoms with Crippen molar-refractivity contribution in [3.63, 3.8) is 0 Å². The molecule has 5 heteroatoms. The number of nitrogens with zero attached hydrogens (tertiary/aromatic N) is 2. The molecule has 1 saturated carbocycles. The molecule has 0 unspecified atom stereocenters. The Kier molecular flexibility index (Phi) is 3.93. The van der Waals surface area contributed by atoms with E-state index in [0.717, 1.165) is 43.3 Å². The van der Waals surface area contributed by atoms with Gasteiger partial charge in [0.1, 0.15) is 0 Å². The fourth-order valence-electron chi connectivity index (χ4n) is 4.59. The predicted molar refractivity (Wildman–Crippen MR) is 107 cm³/mol. The molecule has 0 N–H and O–H groups in total. The smallest absolute Gasteiger partial charge is 0.408 e. The molecule has 1 aliphatic carbocycles. The SMILES string of the molecule is Cc1ccc(C2(C(=O)N3CCC[C@@H]3Cn3c(=O)oc4ccccc43)CC2)cc1. The molecule has 28 heavy (non-hydrogen) atoms. The lowest BCUT2D eigenvalue weighted by atomic mass is 9.93. The third kappa shape index (κ3) is 2.68. The summed E-state index contributed by atoms with van der Waals surface area (Å²) < 4.78 is 7.05. The van der Waals surface area contributed by atoms with Gasteiger partial charge in [-0.25, -0.2) is 4.79 Å². The van der Waals surface area contributed by atoms with Crippen LogP contribution in [0.2, 0.25) is 0 Å². The van der Waals surface area contributed by atoms with Crippen molar-refractivity contribution in [3.05, 3.63) is 70.2 Å². The summed E-state index contributed by atoms with van der Waals surface area (Å²) in [7, 11) is 0. The summed E-state index contributed by atoms with van der Waals surface area (Å²) in [4.78, 5) is 27.9. The minimum atomic E-state index is -0.361. The molecule has 2 aromatic carbocycles. The number of carbonyl (C=O) groups is 1. The minimum absolute atomic E-state index is 0.0362. The first-order chi connectivity index (χ1) is 13.6. The first-order valence-corrected chi connectivity index (χ1v) is 10.1. The number of benzene rings is 2. The van der Waals surface area contributed by atoms with Gasteiger partial charge in [-0.15, -0.1) is 0 Å². The Balaban J connectivity index is 1.42. The second-order valence-corrected chi connectivity index (χ2v) is 8.19. The van der Waals surface area contributed by atoms with Crippen molar-refractivity contribution >= 4 is 17.0 Å². The molecule has 3 aromatic rings. The van der Waals surface area contributed by atoms with Crippen molar-refractivity contribution in [2.24, 2.45) is 0 Å². The Morgan fingerprint density at radius 1 is 1.14 bits per heavy atom. The molecule has 0 spiro atoms. The predicted octanol–water partition coefficient (Wildman–Crippen LogP) is 3.63.